The molecule has 0 spiro atoms. The summed E-state index contributed by atoms with van der Waals surface area (Å²) in [4.78, 5) is 41.1. The molecule has 2 aromatic rings. The molecule has 3 N–H and O–H groups in total. The van der Waals surface area contributed by atoms with Crippen LogP contribution in [0.2, 0.25) is 0 Å². The number of nitrogens with zero attached hydrogens (tertiary/aromatic N) is 1. The van der Waals surface area contributed by atoms with E-state index in [-0.39, 0.29) is 52.2 Å². The van der Waals surface area contributed by atoms with Crippen molar-refractivity contribution in [3.63, 3.8) is 0 Å². The maximum absolute atomic E-state index is 14.3. The number of pyridine rings is 1. The van der Waals surface area contributed by atoms with E-state index in [1.54, 1.807) is 0 Å². The molecule has 8 nitrogen and oxygen atoms in total. The van der Waals surface area contributed by atoms with E-state index in [1.807, 2.05) is 14.0 Å². The number of alkyl halides is 3. The Labute approximate surface area is 217 Å². The van der Waals surface area contributed by atoms with Crippen LogP contribution in [0.3, 0.4) is 0 Å². The van der Waals surface area contributed by atoms with Gasteiger partial charge in [0, 0.05) is 36.3 Å². The van der Waals surface area contributed by atoms with Gasteiger partial charge in [0.05, 0.1) is 11.4 Å². The van der Waals surface area contributed by atoms with E-state index in [0.717, 1.165) is 6.42 Å². The molecule has 1 amide bonds. The molecule has 0 bridgehead atoms. The first-order valence-corrected chi connectivity index (χ1v) is 12.3. The molecular weight excluding hydrogens is 508 g/mol. The minimum absolute atomic E-state index is 0.0316. The zero-order valence-electron chi connectivity index (χ0n) is 21.9. The highest BCUT2D eigenvalue weighted by Gasteiger charge is 2.39. The van der Waals surface area contributed by atoms with Crippen molar-refractivity contribution in [2.75, 3.05) is 18.9 Å². The number of aromatic nitrogens is 1. The minimum atomic E-state index is -4.94. The molecule has 1 aliphatic heterocycles. The topological polar surface area (TPSA) is 104 Å². The molecule has 2 atom stereocenters. The van der Waals surface area contributed by atoms with Gasteiger partial charge in [0.15, 0.2) is 5.75 Å². The summed E-state index contributed by atoms with van der Waals surface area (Å²) in [6.45, 7) is 6.47. The van der Waals surface area contributed by atoms with E-state index >= 15 is 0 Å². The number of aryl methyl sites for hydroxylation is 1. The lowest BCUT2D eigenvalue weighted by Gasteiger charge is -2.38. The van der Waals surface area contributed by atoms with Crippen LogP contribution in [0, 0.1) is 26.6 Å². The van der Waals surface area contributed by atoms with Crippen molar-refractivity contribution in [3.8, 4) is 5.75 Å². The summed E-state index contributed by atoms with van der Waals surface area (Å²) in [6.07, 6.45) is -2.82. The van der Waals surface area contributed by atoms with Gasteiger partial charge in [-0.25, -0.2) is 4.39 Å². The first kappa shape index (κ1) is 29.2. The Kier molecular flexibility index (Phi) is 8.86. The van der Waals surface area contributed by atoms with Crippen molar-refractivity contribution in [2.24, 2.45) is 0 Å². The highest BCUT2D eigenvalue weighted by atomic mass is 19.4. The zero-order chi connectivity index (χ0) is 28.4. The summed E-state index contributed by atoms with van der Waals surface area (Å²) in [6, 6.07) is 0.604. The van der Waals surface area contributed by atoms with Crippen LogP contribution >= 0.6 is 0 Å². The Hall–Kier alpha value is -3.41. The van der Waals surface area contributed by atoms with Crippen LogP contribution in [0.5, 0.6) is 5.75 Å². The largest absolute Gasteiger partial charge is 0.426 e. The number of hydrogen-bond donors (Lipinski definition) is 3. The fourth-order valence-electron chi connectivity index (χ4n) is 4.89. The zero-order valence-corrected chi connectivity index (χ0v) is 21.9. The highest BCUT2D eigenvalue weighted by Crippen LogP contribution is 2.44. The highest BCUT2D eigenvalue weighted by molar-refractivity contribution is 5.98. The summed E-state index contributed by atoms with van der Waals surface area (Å²) in [5.74, 6) is -2.25. The molecule has 38 heavy (non-hydrogen) atoms. The van der Waals surface area contributed by atoms with Gasteiger partial charge in [0.2, 0.25) is 0 Å². The first-order valence-electron chi connectivity index (χ1n) is 12.3. The van der Waals surface area contributed by atoms with Crippen molar-refractivity contribution in [1.82, 2.24) is 15.2 Å². The number of carbonyl (C=O) groups excluding carboxylic acids is 2. The van der Waals surface area contributed by atoms with Gasteiger partial charge in [0.25, 0.3) is 17.9 Å². The number of anilines is 1. The Bertz CT molecular complexity index is 1280. The molecule has 1 fully saturated rings. The fraction of sp³-hybridized carbons (Fsp3) is 0.500. The molecule has 0 aliphatic carbocycles. The summed E-state index contributed by atoms with van der Waals surface area (Å²) in [5.41, 5.74) is -2.17. The molecule has 1 aromatic carbocycles. The van der Waals surface area contributed by atoms with Crippen LogP contribution in [-0.4, -0.2) is 47.9 Å². The number of halogens is 4. The van der Waals surface area contributed by atoms with E-state index < -0.39 is 41.3 Å². The Morgan fingerprint density at radius 1 is 1.26 bits per heavy atom. The van der Waals surface area contributed by atoms with Crippen LogP contribution < -0.4 is 20.9 Å². The van der Waals surface area contributed by atoms with Crippen LogP contribution in [0.4, 0.5) is 23.2 Å². The second kappa shape index (κ2) is 11.5. The fourth-order valence-corrected chi connectivity index (χ4v) is 4.89. The van der Waals surface area contributed by atoms with Crippen molar-refractivity contribution >= 4 is 18.1 Å². The predicted octanol–water partition coefficient (Wildman–Crippen LogP) is 4.21. The smallest absolute Gasteiger partial charge is 0.420 e. The summed E-state index contributed by atoms with van der Waals surface area (Å²) >= 11 is 0. The second-order valence-corrected chi connectivity index (χ2v) is 9.60. The average molecular weight is 541 g/mol. The number of nitrogens with one attached hydrogen (secondary N) is 3. The molecular formula is C26H32F4N4O4. The number of likely N-dealkylation sites (tertiary alicyclic amines) is 1. The summed E-state index contributed by atoms with van der Waals surface area (Å²) in [5, 5.41) is 5.54. The van der Waals surface area contributed by atoms with E-state index in [1.165, 1.54) is 20.8 Å². The van der Waals surface area contributed by atoms with Gasteiger partial charge >= 0.3 is 6.18 Å². The minimum Gasteiger partial charge on any atom is -0.426 e. The number of rotatable bonds is 8. The number of piperidine rings is 1. The first-order chi connectivity index (χ1) is 17.8. The molecule has 3 rings (SSSR count). The number of ether oxygens (including phenoxy) is 1. The third-order valence-corrected chi connectivity index (χ3v) is 7.20. The number of H-pyrrole nitrogens is 1. The monoisotopic (exact) mass is 540 g/mol. The van der Waals surface area contributed by atoms with Crippen LogP contribution in [0.25, 0.3) is 0 Å². The van der Waals surface area contributed by atoms with Crippen molar-refractivity contribution in [1.29, 1.82) is 0 Å². The number of amides is 1. The Morgan fingerprint density at radius 3 is 2.55 bits per heavy atom. The molecule has 0 saturated carbocycles. The predicted molar refractivity (Wildman–Crippen MR) is 134 cm³/mol. The maximum atomic E-state index is 14.3. The maximum Gasteiger partial charge on any atom is 0.420 e. The second-order valence-electron chi connectivity index (χ2n) is 9.60. The lowest BCUT2D eigenvalue weighted by atomic mass is 9.94. The van der Waals surface area contributed by atoms with E-state index in [4.69, 9.17) is 4.74 Å². The molecule has 2 unspecified atom stereocenters. The van der Waals surface area contributed by atoms with Crippen LogP contribution in [-0.2, 0) is 17.5 Å². The molecule has 1 aliphatic rings. The van der Waals surface area contributed by atoms with E-state index in [2.05, 4.69) is 20.5 Å². The van der Waals surface area contributed by atoms with Gasteiger partial charge in [-0.1, -0.05) is 6.92 Å². The number of aromatic amines is 1. The van der Waals surface area contributed by atoms with Crippen molar-refractivity contribution < 1.29 is 31.9 Å². The van der Waals surface area contributed by atoms with Gasteiger partial charge in [-0.3, -0.25) is 14.4 Å². The molecule has 1 aromatic heterocycles. The standard InChI is InChI=1S/C26H32F4N4O4/c1-6-17-9-16(7-8-34(17)5)33-22-14(3)18(10-20(26(28,29)30)23(22)38-12-35)24(36)31-11-19-13(2)21(27)15(4)32-25(19)37/h10,12,16-17,33H,6-9,11H2,1-5H3,(H,31,36)(H,32,37). The van der Waals surface area contributed by atoms with E-state index in [0.29, 0.717) is 25.5 Å². The third-order valence-electron chi connectivity index (χ3n) is 7.20. The summed E-state index contributed by atoms with van der Waals surface area (Å²) < 4.78 is 61.3. The van der Waals surface area contributed by atoms with Gasteiger partial charge in [-0.2, -0.15) is 13.2 Å². The number of hydrogen-bond acceptors (Lipinski definition) is 6. The molecule has 1 saturated heterocycles. The Morgan fingerprint density at radius 2 is 1.95 bits per heavy atom. The average Bonchev–Trinajstić information content (AvgIpc) is 2.85. The quantitative estimate of drug-likeness (QED) is 0.343. The molecule has 12 heteroatoms. The van der Waals surface area contributed by atoms with Gasteiger partial charge < -0.3 is 25.3 Å². The number of benzene rings is 1. The lowest BCUT2D eigenvalue weighted by molar-refractivity contribution is -0.139. The molecule has 208 valence electrons. The van der Waals surface area contributed by atoms with Crippen molar-refractivity contribution in [3.05, 3.63) is 55.7 Å². The number of carbonyl (C=O) groups is 2. The van der Waals surface area contributed by atoms with Gasteiger partial charge in [-0.15, -0.1) is 0 Å². The lowest BCUT2D eigenvalue weighted by Crippen LogP contribution is -2.44. The van der Waals surface area contributed by atoms with E-state index in [9.17, 15) is 31.9 Å². The van der Waals surface area contributed by atoms with Crippen LogP contribution in [0.1, 0.15) is 64.5 Å². The van der Waals surface area contributed by atoms with Crippen molar-refractivity contribution in [2.45, 2.75) is 71.8 Å². The molecule has 0 radical (unpaired) electrons. The van der Waals surface area contributed by atoms with Gasteiger partial charge in [0.1, 0.15) is 11.4 Å². The SMILES string of the molecule is CCC1CC(Nc2c(C)c(C(=O)NCc3c(C)c(F)c(C)[nH]c3=O)cc(C(F)(F)F)c2OC=O)CCN1C. The van der Waals surface area contributed by atoms with Crippen LogP contribution in [0.15, 0.2) is 10.9 Å². The third kappa shape index (κ3) is 6.01. The Balaban J connectivity index is 2.03. The van der Waals surface area contributed by atoms with Gasteiger partial charge in [-0.05, 0) is 64.3 Å². The normalized spacial score (nSPS) is 18.2. The molecule has 2 heterocycles. The summed E-state index contributed by atoms with van der Waals surface area (Å²) in [7, 11) is 1.98.